The van der Waals surface area contributed by atoms with Crippen molar-refractivity contribution in [2.75, 3.05) is 0 Å². The molecule has 1 unspecified atom stereocenters. The maximum absolute atomic E-state index is 11.5. The van der Waals surface area contributed by atoms with Crippen LogP contribution in [0.15, 0.2) is 23.3 Å². The van der Waals surface area contributed by atoms with Crippen LogP contribution in [0.3, 0.4) is 0 Å². The second-order valence-electron chi connectivity index (χ2n) is 6.79. The molecule has 106 valence electrons. The SMILES string of the molecule is CCCCCCCCC1(C)CC2=C(CC(=O)C=C2)C1. The van der Waals surface area contributed by atoms with E-state index in [4.69, 9.17) is 0 Å². The number of carbonyl (C=O) groups is 1. The van der Waals surface area contributed by atoms with Gasteiger partial charge < -0.3 is 0 Å². The molecule has 0 aromatic carbocycles. The minimum absolute atomic E-state index is 0.294. The van der Waals surface area contributed by atoms with Crippen LogP contribution in [0.25, 0.3) is 0 Å². The van der Waals surface area contributed by atoms with Crippen molar-refractivity contribution >= 4 is 5.78 Å². The average molecular weight is 260 g/mol. The number of unbranched alkanes of at least 4 members (excludes halogenated alkanes) is 5. The highest BCUT2D eigenvalue weighted by Crippen LogP contribution is 2.47. The summed E-state index contributed by atoms with van der Waals surface area (Å²) in [7, 11) is 0. The van der Waals surface area contributed by atoms with E-state index in [0.29, 0.717) is 17.6 Å². The highest BCUT2D eigenvalue weighted by molar-refractivity contribution is 5.93. The van der Waals surface area contributed by atoms with Crippen molar-refractivity contribution in [3.8, 4) is 0 Å². The largest absolute Gasteiger partial charge is 0.294 e. The lowest BCUT2D eigenvalue weighted by Gasteiger charge is -2.24. The molecule has 2 aliphatic rings. The van der Waals surface area contributed by atoms with Gasteiger partial charge in [-0.3, -0.25) is 4.79 Å². The van der Waals surface area contributed by atoms with Crippen LogP contribution in [0.4, 0.5) is 0 Å². The third-order valence-corrected chi connectivity index (χ3v) is 4.70. The molecule has 1 nitrogen and oxygen atoms in total. The maximum atomic E-state index is 11.5. The van der Waals surface area contributed by atoms with Gasteiger partial charge >= 0.3 is 0 Å². The normalized spacial score (nSPS) is 26.1. The van der Waals surface area contributed by atoms with Gasteiger partial charge in [0, 0.05) is 6.42 Å². The van der Waals surface area contributed by atoms with E-state index >= 15 is 0 Å². The van der Waals surface area contributed by atoms with Crippen LogP contribution in [0.2, 0.25) is 0 Å². The molecule has 0 saturated carbocycles. The quantitative estimate of drug-likeness (QED) is 0.563. The summed E-state index contributed by atoms with van der Waals surface area (Å²) in [6, 6.07) is 0. The maximum Gasteiger partial charge on any atom is 0.159 e. The molecule has 0 bridgehead atoms. The van der Waals surface area contributed by atoms with E-state index in [1.54, 1.807) is 6.08 Å². The fourth-order valence-corrected chi connectivity index (χ4v) is 3.60. The fraction of sp³-hybridized carbons (Fsp3) is 0.722. The minimum Gasteiger partial charge on any atom is -0.294 e. The summed E-state index contributed by atoms with van der Waals surface area (Å²) in [5.74, 6) is 0.294. The van der Waals surface area contributed by atoms with Gasteiger partial charge in [-0.15, -0.1) is 0 Å². The number of carbonyl (C=O) groups excluding carboxylic acids is 1. The van der Waals surface area contributed by atoms with E-state index in [9.17, 15) is 4.79 Å². The van der Waals surface area contributed by atoms with Gasteiger partial charge in [-0.1, -0.05) is 64.0 Å². The zero-order valence-corrected chi connectivity index (χ0v) is 12.6. The van der Waals surface area contributed by atoms with Crippen molar-refractivity contribution in [2.24, 2.45) is 5.41 Å². The summed E-state index contributed by atoms with van der Waals surface area (Å²) in [5, 5.41) is 0. The van der Waals surface area contributed by atoms with Crippen LogP contribution in [-0.4, -0.2) is 5.78 Å². The van der Waals surface area contributed by atoms with Crippen molar-refractivity contribution in [1.29, 1.82) is 0 Å². The molecule has 0 fully saturated rings. The number of rotatable bonds is 7. The smallest absolute Gasteiger partial charge is 0.159 e. The standard InChI is InChI=1S/C18H28O/c1-3-4-5-6-7-8-11-18(2)13-15-9-10-17(19)12-16(15)14-18/h9-10H,3-8,11-14H2,1-2H3. The Morgan fingerprint density at radius 3 is 2.58 bits per heavy atom. The second-order valence-corrected chi connectivity index (χ2v) is 6.79. The molecular formula is C18H28O. The van der Waals surface area contributed by atoms with Gasteiger partial charge in [-0.05, 0) is 36.3 Å². The van der Waals surface area contributed by atoms with E-state index in [0.717, 1.165) is 6.42 Å². The van der Waals surface area contributed by atoms with E-state index in [1.807, 2.05) is 0 Å². The molecule has 2 rings (SSSR count). The first-order valence-electron chi connectivity index (χ1n) is 8.05. The van der Waals surface area contributed by atoms with E-state index in [1.165, 1.54) is 62.5 Å². The first kappa shape index (κ1) is 14.6. The lowest BCUT2D eigenvalue weighted by Crippen LogP contribution is -2.12. The van der Waals surface area contributed by atoms with E-state index in [-0.39, 0.29) is 0 Å². The average Bonchev–Trinajstić information content (AvgIpc) is 2.69. The van der Waals surface area contributed by atoms with Gasteiger partial charge in [0.05, 0.1) is 0 Å². The Kier molecular flexibility index (Phi) is 5.01. The lowest BCUT2D eigenvalue weighted by atomic mass is 9.81. The Labute approximate surface area is 118 Å². The Hall–Kier alpha value is -0.850. The summed E-state index contributed by atoms with van der Waals surface area (Å²) >= 11 is 0. The first-order chi connectivity index (χ1) is 9.13. The monoisotopic (exact) mass is 260 g/mol. The summed E-state index contributed by atoms with van der Waals surface area (Å²) in [4.78, 5) is 11.5. The van der Waals surface area contributed by atoms with Gasteiger partial charge in [0.15, 0.2) is 5.78 Å². The summed E-state index contributed by atoms with van der Waals surface area (Å²) in [6.45, 7) is 4.68. The molecule has 0 aliphatic heterocycles. The molecule has 0 heterocycles. The summed E-state index contributed by atoms with van der Waals surface area (Å²) in [6.07, 6.45) is 16.5. The molecule has 1 atom stereocenters. The Morgan fingerprint density at radius 1 is 1.05 bits per heavy atom. The molecule has 19 heavy (non-hydrogen) atoms. The van der Waals surface area contributed by atoms with Gasteiger partial charge in [-0.25, -0.2) is 0 Å². The van der Waals surface area contributed by atoms with Gasteiger partial charge in [-0.2, -0.15) is 0 Å². The van der Waals surface area contributed by atoms with Gasteiger partial charge in [0.2, 0.25) is 0 Å². The number of hydrogen-bond acceptors (Lipinski definition) is 1. The van der Waals surface area contributed by atoms with Crippen molar-refractivity contribution in [3.05, 3.63) is 23.3 Å². The molecule has 0 radical (unpaired) electrons. The van der Waals surface area contributed by atoms with Crippen LogP contribution >= 0.6 is 0 Å². The lowest BCUT2D eigenvalue weighted by molar-refractivity contribution is -0.114. The van der Waals surface area contributed by atoms with Crippen molar-refractivity contribution in [2.45, 2.75) is 78.1 Å². The molecule has 0 aromatic heterocycles. The van der Waals surface area contributed by atoms with Crippen molar-refractivity contribution in [1.82, 2.24) is 0 Å². The van der Waals surface area contributed by atoms with Crippen LogP contribution in [0.5, 0.6) is 0 Å². The Balaban J connectivity index is 1.71. The Morgan fingerprint density at radius 2 is 1.79 bits per heavy atom. The first-order valence-corrected chi connectivity index (χ1v) is 8.05. The third-order valence-electron chi connectivity index (χ3n) is 4.70. The second kappa shape index (κ2) is 6.54. The van der Waals surface area contributed by atoms with Crippen LogP contribution in [-0.2, 0) is 4.79 Å². The topological polar surface area (TPSA) is 17.1 Å². The summed E-state index contributed by atoms with van der Waals surface area (Å²) in [5.41, 5.74) is 3.33. The predicted octanol–water partition coefficient (Wildman–Crippen LogP) is 5.36. The molecule has 1 heteroatoms. The van der Waals surface area contributed by atoms with Crippen LogP contribution < -0.4 is 0 Å². The third kappa shape index (κ3) is 4.06. The number of hydrogen-bond donors (Lipinski definition) is 0. The van der Waals surface area contributed by atoms with E-state index < -0.39 is 0 Å². The molecule has 2 aliphatic carbocycles. The molecule has 0 spiro atoms. The Bertz CT molecular complexity index is 388. The fourth-order valence-electron chi connectivity index (χ4n) is 3.60. The zero-order chi connectivity index (χ0) is 13.7. The highest BCUT2D eigenvalue weighted by Gasteiger charge is 2.34. The molecule has 0 N–H and O–H groups in total. The minimum atomic E-state index is 0.294. The van der Waals surface area contributed by atoms with Crippen LogP contribution in [0.1, 0.15) is 78.1 Å². The molecule has 0 aromatic rings. The molecular weight excluding hydrogens is 232 g/mol. The summed E-state index contributed by atoms with van der Waals surface area (Å²) < 4.78 is 0. The van der Waals surface area contributed by atoms with Gasteiger partial charge in [0.25, 0.3) is 0 Å². The number of allylic oxidation sites excluding steroid dienone is 4. The molecule has 0 saturated heterocycles. The highest BCUT2D eigenvalue weighted by atomic mass is 16.1. The van der Waals surface area contributed by atoms with Crippen molar-refractivity contribution < 1.29 is 4.79 Å². The number of ketones is 1. The van der Waals surface area contributed by atoms with Crippen LogP contribution in [0, 0.1) is 5.41 Å². The van der Waals surface area contributed by atoms with E-state index in [2.05, 4.69) is 19.9 Å². The zero-order valence-electron chi connectivity index (χ0n) is 12.6. The molecule has 0 amide bonds. The van der Waals surface area contributed by atoms with Crippen molar-refractivity contribution in [3.63, 3.8) is 0 Å². The predicted molar refractivity (Wildman–Crippen MR) is 81.1 cm³/mol. The van der Waals surface area contributed by atoms with Gasteiger partial charge in [0.1, 0.15) is 0 Å².